The SMILES string of the molecule is Cc1ccn(CC2CCCNC2)c(=O)c1C(=O)Nc1ccc(N2CCCC2=O)cc1.Cl. The molecule has 2 amide bonds. The summed E-state index contributed by atoms with van der Waals surface area (Å²) in [6.45, 7) is 5.05. The summed E-state index contributed by atoms with van der Waals surface area (Å²) in [6.07, 6.45) is 5.42. The highest BCUT2D eigenvalue weighted by molar-refractivity contribution is 6.05. The van der Waals surface area contributed by atoms with Crippen LogP contribution >= 0.6 is 12.4 Å². The summed E-state index contributed by atoms with van der Waals surface area (Å²) in [5.41, 5.74) is 2.02. The normalized spacial score (nSPS) is 18.5. The van der Waals surface area contributed by atoms with Gasteiger partial charge in [0.05, 0.1) is 0 Å². The second-order valence-electron chi connectivity index (χ2n) is 8.19. The molecule has 0 spiro atoms. The average molecular weight is 445 g/mol. The Labute approximate surface area is 188 Å². The zero-order chi connectivity index (χ0) is 21.1. The Morgan fingerprint density at radius 2 is 1.94 bits per heavy atom. The number of nitrogens with zero attached hydrogens (tertiary/aromatic N) is 2. The van der Waals surface area contributed by atoms with Gasteiger partial charge in [-0.2, -0.15) is 0 Å². The third-order valence-electron chi connectivity index (χ3n) is 5.96. The molecular formula is C23H29ClN4O3. The van der Waals surface area contributed by atoms with Gasteiger partial charge in [-0.25, -0.2) is 0 Å². The van der Waals surface area contributed by atoms with Crippen molar-refractivity contribution >= 4 is 35.6 Å². The highest BCUT2D eigenvalue weighted by Gasteiger charge is 2.22. The molecule has 2 aliphatic rings. The van der Waals surface area contributed by atoms with Crippen LogP contribution in [-0.2, 0) is 11.3 Å². The number of amides is 2. The summed E-state index contributed by atoms with van der Waals surface area (Å²) < 4.78 is 1.65. The molecule has 1 unspecified atom stereocenters. The molecule has 2 N–H and O–H groups in total. The van der Waals surface area contributed by atoms with Gasteiger partial charge < -0.3 is 20.1 Å². The molecule has 0 saturated carbocycles. The maximum atomic E-state index is 13.0. The molecule has 4 rings (SSSR count). The number of benzene rings is 1. The fraction of sp³-hybridized carbons (Fsp3) is 0.435. The minimum atomic E-state index is -0.404. The number of rotatable bonds is 5. The lowest BCUT2D eigenvalue weighted by atomic mass is 9.99. The molecule has 0 aliphatic carbocycles. The number of pyridine rings is 1. The summed E-state index contributed by atoms with van der Waals surface area (Å²) in [6, 6.07) is 9.01. The van der Waals surface area contributed by atoms with Crippen molar-refractivity contribution in [3.05, 3.63) is 58.0 Å². The standard InChI is InChI=1S/C23H28N4O3.ClH/c1-16-10-13-26(15-17-4-2-11-24-14-17)23(30)21(16)22(29)25-18-6-8-19(9-7-18)27-12-3-5-20(27)28;/h6-10,13,17,24H,2-5,11-12,14-15H2,1H3,(H,25,29);1H. The minimum Gasteiger partial charge on any atom is -0.322 e. The van der Waals surface area contributed by atoms with Crippen LogP contribution < -0.4 is 21.1 Å². The van der Waals surface area contributed by atoms with E-state index in [2.05, 4.69) is 10.6 Å². The summed E-state index contributed by atoms with van der Waals surface area (Å²) in [5, 5.41) is 6.20. The number of anilines is 2. The van der Waals surface area contributed by atoms with Gasteiger partial charge >= 0.3 is 0 Å². The maximum absolute atomic E-state index is 13.0. The second kappa shape index (κ2) is 10.1. The van der Waals surface area contributed by atoms with Crippen molar-refractivity contribution in [1.82, 2.24) is 9.88 Å². The van der Waals surface area contributed by atoms with Crippen molar-refractivity contribution < 1.29 is 9.59 Å². The van der Waals surface area contributed by atoms with Crippen LogP contribution in [0.3, 0.4) is 0 Å². The van der Waals surface area contributed by atoms with Crippen LogP contribution in [-0.4, -0.2) is 36.0 Å². The largest absolute Gasteiger partial charge is 0.322 e. The number of hydrogen-bond donors (Lipinski definition) is 2. The molecule has 7 nitrogen and oxygen atoms in total. The average Bonchev–Trinajstić information content (AvgIpc) is 3.17. The van der Waals surface area contributed by atoms with Crippen LogP contribution in [0.1, 0.15) is 41.6 Å². The Balaban J connectivity index is 0.00000272. The van der Waals surface area contributed by atoms with Gasteiger partial charge in [-0.15, -0.1) is 12.4 Å². The molecule has 31 heavy (non-hydrogen) atoms. The lowest BCUT2D eigenvalue weighted by molar-refractivity contribution is -0.117. The number of hydrogen-bond acceptors (Lipinski definition) is 4. The Kier molecular flexibility index (Phi) is 7.51. The van der Waals surface area contributed by atoms with E-state index in [0.29, 0.717) is 30.1 Å². The monoisotopic (exact) mass is 444 g/mol. The van der Waals surface area contributed by atoms with Gasteiger partial charge in [0.25, 0.3) is 11.5 Å². The first-order chi connectivity index (χ1) is 14.5. The van der Waals surface area contributed by atoms with E-state index in [-0.39, 0.29) is 29.4 Å². The van der Waals surface area contributed by atoms with Crippen LogP contribution in [0.4, 0.5) is 11.4 Å². The number of aromatic nitrogens is 1. The molecule has 2 saturated heterocycles. The molecule has 166 valence electrons. The number of halogens is 1. The van der Waals surface area contributed by atoms with E-state index in [0.717, 1.165) is 44.6 Å². The summed E-state index contributed by atoms with van der Waals surface area (Å²) in [5.74, 6) is 0.120. The molecule has 2 aliphatic heterocycles. The number of aryl methyl sites for hydroxylation is 1. The minimum absolute atomic E-state index is 0. The van der Waals surface area contributed by atoms with Crippen molar-refractivity contribution in [2.24, 2.45) is 5.92 Å². The van der Waals surface area contributed by atoms with E-state index in [1.54, 1.807) is 34.7 Å². The van der Waals surface area contributed by atoms with Gasteiger partial charge in [0.15, 0.2) is 0 Å². The van der Waals surface area contributed by atoms with Crippen LogP contribution in [0.2, 0.25) is 0 Å². The van der Waals surface area contributed by atoms with E-state index in [9.17, 15) is 14.4 Å². The van der Waals surface area contributed by atoms with Gasteiger partial charge in [0.2, 0.25) is 5.91 Å². The highest BCUT2D eigenvalue weighted by Crippen LogP contribution is 2.23. The smallest absolute Gasteiger partial charge is 0.263 e. The van der Waals surface area contributed by atoms with Crippen molar-refractivity contribution in [2.45, 2.75) is 39.2 Å². The fourth-order valence-electron chi connectivity index (χ4n) is 4.28. The van der Waals surface area contributed by atoms with Gasteiger partial charge in [0, 0.05) is 37.1 Å². The van der Waals surface area contributed by atoms with Gasteiger partial charge in [-0.3, -0.25) is 14.4 Å². The summed E-state index contributed by atoms with van der Waals surface area (Å²) in [4.78, 5) is 39.5. The van der Waals surface area contributed by atoms with Gasteiger partial charge in [0.1, 0.15) is 5.56 Å². The Morgan fingerprint density at radius 3 is 2.58 bits per heavy atom. The van der Waals surface area contributed by atoms with Gasteiger partial charge in [-0.05, 0) is 81.1 Å². The van der Waals surface area contributed by atoms with Gasteiger partial charge in [-0.1, -0.05) is 0 Å². The lowest BCUT2D eigenvalue weighted by Gasteiger charge is -2.23. The molecule has 1 aromatic heterocycles. The number of piperidine rings is 1. The predicted molar refractivity (Wildman–Crippen MR) is 124 cm³/mol. The lowest BCUT2D eigenvalue weighted by Crippen LogP contribution is -2.36. The van der Waals surface area contributed by atoms with Crippen LogP contribution in [0.15, 0.2) is 41.3 Å². The van der Waals surface area contributed by atoms with Crippen molar-refractivity contribution in [2.75, 3.05) is 29.9 Å². The molecule has 0 radical (unpaired) electrons. The first-order valence-electron chi connectivity index (χ1n) is 10.7. The topological polar surface area (TPSA) is 83.4 Å². The molecule has 3 heterocycles. The zero-order valence-corrected chi connectivity index (χ0v) is 18.5. The molecular weight excluding hydrogens is 416 g/mol. The molecule has 8 heteroatoms. The van der Waals surface area contributed by atoms with Crippen LogP contribution in [0.5, 0.6) is 0 Å². The fourth-order valence-corrected chi connectivity index (χ4v) is 4.28. The third kappa shape index (κ3) is 5.17. The maximum Gasteiger partial charge on any atom is 0.263 e. The Morgan fingerprint density at radius 1 is 1.16 bits per heavy atom. The number of carbonyl (C=O) groups is 2. The van der Waals surface area contributed by atoms with Crippen molar-refractivity contribution in [3.63, 3.8) is 0 Å². The molecule has 1 aromatic carbocycles. The predicted octanol–water partition coefficient (Wildman–Crippen LogP) is 2.96. The van der Waals surface area contributed by atoms with Crippen molar-refractivity contribution in [3.8, 4) is 0 Å². The third-order valence-corrected chi connectivity index (χ3v) is 5.96. The van der Waals surface area contributed by atoms with E-state index in [4.69, 9.17) is 0 Å². The quantitative estimate of drug-likeness (QED) is 0.742. The summed E-state index contributed by atoms with van der Waals surface area (Å²) >= 11 is 0. The first kappa shape index (κ1) is 23.0. The molecule has 0 bridgehead atoms. The Hall–Kier alpha value is -2.64. The van der Waals surface area contributed by atoms with E-state index >= 15 is 0 Å². The molecule has 2 aromatic rings. The van der Waals surface area contributed by atoms with Crippen LogP contribution in [0, 0.1) is 12.8 Å². The number of nitrogens with one attached hydrogen (secondary N) is 2. The van der Waals surface area contributed by atoms with Crippen LogP contribution in [0.25, 0.3) is 0 Å². The van der Waals surface area contributed by atoms with E-state index in [1.807, 2.05) is 18.2 Å². The second-order valence-corrected chi connectivity index (χ2v) is 8.19. The van der Waals surface area contributed by atoms with Crippen molar-refractivity contribution in [1.29, 1.82) is 0 Å². The highest BCUT2D eigenvalue weighted by atomic mass is 35.5. The Bertz CT molecular complexity index is 997. The molecule has 1 atom stereocenters. The summed E-state index contributed by atoms with van der Waals surface area (Å²) in [7, 11) is 0. The number of carbonyl (C=O) groups excluding carboxylic acids is 2. The first-order valence-corrected chi connectivity index (χ1v) is 10.7. The van der Waals surface area contributed by atoms with E-state index < -0.39 is 5.91 Å². The molecule has 2 fully saturated rings. The van der Waals surface area contributed by atoms with E-state index in [1.165, 1.54) is 0 Å². The zero-order valence-electron chi connectivity index (χ0n) is 17.7.